The van der Waals surface area contributed by atoms with Gasteiger partial charge in [0.15, 0.2) is 0 Å². The zero-order valence-corrected chi connectivity index (χ0v) is 8.02. The van der Waals surface area contributed by atoms with Crippen molar-refractivity contribution in [3.05, 3.63) is 0 Å². The highest BCUT2D eigenvalue weighted by Gasteiger charge is 1.99. The molecule has 0 aromatic rings. The van der Waals surface area contributed by atoms with Crippen LogP contribution in [0.4, 0.5) is 0 Å². The van der Waals surface area contributed by atoms with E-state index in [0.29, 0.717) is 18.1 Å². The highest BCUT2D eigenvalue weighted by molar-refractivity contribution is 5.77. The molecule has 0 unspecified atom stereocenters. The summed E-state index contributed by atoms with van der Waals surface area (Å²) in [6, 6.07) is 0. The Kier molecular flexibility index (Phi) is 11.4. The lowest BCUT2D eigenvalue weighted by Crippen LogP contribution is -1.97. The van der Waals surface area contributed by atoms with Gasteiger partial charge >= 0.3 is 0 Å². The molecule has 0 bridgehead atoms. The van der Waals surface area contributed by atoms with E-state index in [1.54, 1.807) is 0 Å². The van der Waals surface area contributed by atoms with Crippen LogP contribution in [0.5, 0.6) is 0 Å². The van der Waals surface area contributed by atoms with Crippen molar-refractivity contribution in [1.29, 1.82) is 5.41 Å². The molecule has 0 rings (SSSR count). The van der Waals surface area contributed by atoms with Crippen molar-refractivity contribution in [2.45, 2.75) is 40.0 Å². The predicted octanol–water partition coefficient (Wildman–Crippen LogP) is 2.30. The highest BCUT2D eigenvalue weighted by atomic mass is 16.1. The fraction of sp³-hybridized carbons (Fsp3) is 0.778. The Labute approximate surface area is 73.7 Å². The van der Waals surface area contributed by atoms with Crippen molar-refractivity contribution in [3.8, 4) is 0 Å². The molecule has 0 aliphatic rings. The summed E-state index contributed by atoms with van der Waals surface area (Å²) in [7, 11) is 0. The van der Waals surface area contributed by atoms with Crippen LogP contribution in [-0.2, 0) is 9.59 Å². The standard InChI is InChI=1S/C8H16O.CHNO/c1-4-8(9)6-5-7(2)3;2-1-3/h7H,4-6H2,1-3H3;2H. The van der Waals surface area contributed by atoms with E-state index in [1.165, 1.54) is 0 Å². The van der Waals surface area contributed by atoms with Gasteiger partial charge in [-0.05, 0) is 12.3 Å². The van der Waals surface area contributed by atoms with Gasteiger partial charge in [-0.25, -0.2) is 10.2 Å². The monoisotopic (exact) mass is 171 g/mol. The lowest BCUT2D eigenvalue weighted by molar-refractivity contribution is -0.119. The van der Waals surface area contributed by atoms with Crippen LogP contribution in [0.1, 0.15) is 40.0 Å². The second kappa shape index (κ2) is 10.0. The number of Topliss-reactive ketones (excluding diaryl/α,β-unsaturated/α-hetero) is 1. The van der Waals surface area contributed by atoms with Crippen molar-refractivity contribution in [1.82, 2.24) is 0 Å². The Balaban J connectivity index is 0. The Morgan fingerprint density at radius 1 is 1.50 bits per heavy atom. The highest BCUT2D eigenvalue weighted by Crippen LogP contribution is 2.04. The lowest BCUT2D eigenvalue weighted by atomic mass is 10.1. The minimum Gasteiger partial charge on any atom is -0.300 e. The summed E-state index contributed by atoms with van der Waals surface area (Å²) >= 11 is 0. The predicted molar refractivity (Wildman–Crippen MR) is 47.8 cm³/mol. The molecule has 70 valence electrons. The van der Waals surface area contributed by atoms with E-state index in [9.17, 15) is 4.79 Å². The summed E-state index contributed by atoms with van der Waals surface area (Å²) in [5, 5.41) is 5.40. The van der Waals surface area contributed by atoms with Crippen molar-refractivity contribution < 1.29 is 9.59 Å². The van der Waals surface area contributed by atoms with Crippen molar-refractivity contribution in [2.24, 2.45) is 5.92 Å². The van der Waals surface area contributed by atoms with Gasteiger partial charge in [-0.2, -0.15) is 0 Å². The number of hydrogen-bond acceptors (Lipinski definition) is 3. The number of nitrogens with one attached hydrogen (secondary N) is 1. The second-order valence-electron chi connectivity index (χ2n) is 2.93. The maximum Gasteiger partial charge on any atom is 0.231 e. The Morgan fingerprint density at radius 3 is 2.17 bits per heavy atom. The SMILES string of the molecule is CCC(=O)CCC(C)C.N=C=O. The largest absolute Gasteiger partial charge is 0.300 e. The van der Waals surface area contributed by atoms with Crippen molar-refractivity contribution >= 4 is 11.9 Å². The Hall–Kier alpha value is -0.950. The number of hydrogen-bond donors (Lipinski definition) is 1. The topological polar surface area (TPSA) is 58.0 Å². The summed E-state index contributed by atoms with van der Waals surface area (Å²) in [6.45, 7) is 6.20. The molecule has 0 aromatic heterocycles. The van der Waals surface area contributed by atoms with E-state index < -0.39 is 0 Å². The van der Waals surface area contributed by atoms with Crippen LogP contribution in [0.25, 0.3) is 0 Å². The second-order valence-corrected chi connectivity index (χ2v) is 2.93. The summed E-state index contributed by atoms with van der Waals surface area (Å²) in [5.41, 5.74) is 0. The van der Waals surface area contributed by atoms with E-state index in [2.05, 4.69) is 13.8 Å². The van der Waals surface area contributed by atoms with E-state index in [4.69, 9.17) is 10.2 Å². The van der Waals surface area contributed by atoms with Gasteiger partial charge in [0.25, 0.3) is 0 Å². The zero-order valence-electron chi connectivity index (χ0n) is 8.02. The number of carbonyl (C=O) groups is 1. The molecule has 0 aliphatic heterocycles. The normalized spacial score (nSPS) is 8.33. The quantitative estimate of drug-likeness (QED) is 0.521. The first-order valence-electron chi connectivity index (χ1n) is 4.14. The molecule has 0 saturated carbocycles. The minimum atomic E-state index is 0.392. The Bertz CT molecular complexity index is 147. The van der Waals surface area contributed by atoms with Gasteiger partial charge in [0.05, 0.1) is 0 Å². The van der Waals surface area contributed by atoms with Gasteiger partial charge in [-0.1, -0.05) is 20.8 Å². The third-order valence-corrected chi connectivity index (χ3v) is 1.39. The van der Waals surface area contributed by atoms with Crippen LogP contribution in [0, 0.1) is 11.3 Å². The van der Waals surface area contributed by atoms with Crippen LogP contribution < -0.4 is 0 Å². The van der Waals surface area contributed by atoms with Gasteiger partial charge in [-0.15, -0.1) is 0 Å². The smallest absolute Gasteiger partial charge is 0.231 e. The molecular weight excluding hydrogens is 154 g/mol. The summed E-state index contributed by atoms with van der Waals surface area (Å²) < 4.78 is 0. The number of isocyanates is 1. The summed E-state index contributed by atoms with van der Waals surface area (Å²) in [4.78, 5) is 19.1. The van der Waals surface area contributed by atoms with E-state index in [0.717, 1.165) is 18.9 Å². The number of rotatable bonds is 4. The average Bonchev–Trinajstić information content (AvgIpc) is 2.01. The van der Waals surface area contributed by atoms with Crippen LogP contribution in [0.2, 0.25) is 0 Å². The summed E-state index contributed by atoms with van der Waals surface area (Å²) in [5.74, 6) is 1.06. The maximum atomic E-state index is 10.7. The molecule has 0 amide bonds. The molecule has 0 aliphatic carbocycles. The third kappa shape index (κ3) is 16.0. The van der Waals surface area contributed by atoms with Gasteiger partial charge in [0.1, 0.15) is 5.78 Å². The van der Waals surface area contributed by atoms with Gasteiger partial charge in [0.2, 0.25) is 6.08 Å². The van der Waals surface area contributed by atoms with E-state index in [-0.39, 0.29) is 0 Å². The van der Waals surface area contributed by atoms with Gasteiger partial charge in [-0.3, -0.25) is 4.79 Å². The van der Waals surface area contributed by atoms with E-state index >= 15 is 0 Å². The van der Waals surface area contributed by atoms with Gasteiger partial charge < -0.3 is 0 Å². The molecule has 3 heteroatoms. The maximum absolute atomic E-state index is 10.7. The van der Waals surface area contributed by atoms with Crippen molar-refractivity contribution in [2.75, 3.05) is 0 Å². The minimum absolute atomic E-state index is 0.392. The molecule has 0 atom stereocenters. The fourth-order valence-electron chi connectivity index (χ4n) is 0.626. The van der Waals surface area contributed by atoms with Gasteiger partial charge in [0, 0.05) is 12.8 Å². The molecular formula is C9H17NO2. The first-order valence-corrected chi connectivity index (χ1v) is 4.14. The fourth-order valence-corrected chi connectivity index (χ4v) is 0.626. The summed E-state index contributed by atoms with van der Waals surface area (Å²) in [6.07, 6.45) is 3.27. The molecule has 1 N–H and O–H groups in total. The Morgan fingerprint density at radius 2 is 1.92 bits per heavy atom. The first kappa shape index (κ1) is 13.6. The van der Waals surface area contributed by atoms with Crippen LogP contribution in [0.3, 0.4) is 0 Å². The number of ketones is 1. The molecule has 12 heavy (non-hydrogen) atoms. The zero-order chi connectivity index (χ0) is 9.98. The molecule has 0 saturated heterocycles. The number of carbonyl (C=O) groups excluding carboxylic acids is 2. The lowest BCUT2D eigenvalue weighted by Gasteiger charge is -2.00. The molecule has 3 nitrogen and oxygen atoms in total. The molecule has 0 radical (unpaired) electrons. The third-order valence-electron chi connectivity index (χ3n) is 1.39. The molecule has 0 spiro atoms. The first-order chi connectivity index (χ1) is 5.58. The van der Waals surface area contributed by atoms with Crippen LogP contribution in [0.15, 0.2) is 0 Å². The van der Waals surface area contributed by atoms with Crippen molar-refractivity contribution in [3.63, 3.8) is 0 Å². The average molecular weight is 171 g/mol. The van der Waals surface area contributed by atoms with Crippen LogP contribution >= 0.6 is 0 Å². The van der Waals surface area contributed by atoms with E-state index in [1.807, 2.05) is 6.92 Å². The molecule has 0 fully saturated rings. The molecule has 0 heterocycles. The van der Waals surface area contributed by atoms with Crippen LogP contribution in [-0.4, -0.2) is 11.9 Å². The molecule has 0 aromatic carbocycles.